The molecule has 2 aliphatic heterocycles. The number of benzene rings is 1. The van der Waals surface area contributed by atoms with Gasteiger partial charge in [0.15, 0.2) is 5.96 Å². The number of piperidine rings is 1. The second-order valence-corrected chi connectivity index (χ2v) is 7.84. The number of carbonyl (C=O) groups is 1. The lowest BCUT2D eigenvalue weighted by atomic mass is 9.74. The van der Waals surface area contributed by atoms with E-state index in [1.54, 1.807) is 19.2 Å². The van der Waals surface area contributed by atoms with Crippen molar-refractivity contribution in [3.63, 3.8) is 0 Å². The highest BCUT2D eigenvalue weighted by Crippen LogP contribution is 2.34. The van der Waals surface area contributed by atoms with E-state index in [4.69, 9.17) is 9.47 Å². The van der Waals surface area contributed by atoms with Crippen molar-refractivity contribution in [3.05, 3.63) is 35.6 Å². The smallest absolute Gasteiger partial charge is 0.310 e. The lowest BCUT2D eigenvalue weighted by Crippen LogP contribution is -2.52. The van der Waals surface area contributed by atoms with E-state index < -0.39 is 0 Å². The first kappa shape index (κ1) is 21.6. The summed E-state index contributed by atoms with van der Waals surface area (Å²) in [5.74, 6) is 0.308. The molecule has 6 nitrogen and oxygen atoms in total. The minimum absolute atomic E-state index is 0.123. The number of esters is 1. The normalized spacial score (nSPS) is 22.2. The molecule has 2 saturated heterocycles. The van der Waals surface area contributed by atoms with Gasteiger partial charge in [0.25, 0.3) is 0 Å². The molecule has 29 heavy (non-hydrogen) atoms. The quantitative estimate of drug-likeness (QED) is 0.464. The van der Waals surface area contributed by atoms with Crippen LogP contribution in [0.3, 0.4) is 0 Å². The molecule has 0 radical (unpaired) electrons. The van der Waals surface area contributed by atoms with Crippen LogP contribution in [0.15, 0.2) is 29.3 Å². The van der Waals surface area contributed by atoms with E-state index in [2.05, 4.69) is 15.2 Å². The largest absolute Gasteiger partial charge is 0.466 e. The third-order valence-corrected chi connectivity index (χ3v) is 6.02. The number of guanidine groups is 1. The van der Waals surface area contributed by atoms with Crippen molar-refractivity contribution in [2.75, 3.05) is 46.5 Å². The molecular weight excluding hydrogens is 373 g/mol. The Kier molecular flexibility index (Phi) is 7.47. The zero-order valence-electron chi connectivity index (χ0n) is 17.5. The van der Waals surface area contributed by atoms with Gasteiger partial charge in [0.1, 0.15) is 5.82 Å². The summed E-state index contributed by atoms with van der Waals surface area (Å²) in [6, 6.07) is 6.88. The van der Waals surface area contributed by atoms with Crippen LogP contribution in [0.2, 0.25) is 0 Å². The number of rotatable bonds is 5. The maximum Gasteiger partial charge on any atom is 0.310 e. The van der Waals surface area contributed by atoms with Crippen LogP contribution >= 0.6 is 0 Å². The fourth-order valence-corrected chi connectivity index (χ4v) is 4.35. The van der Waals surface area contributed by atoms with Gasteiger partial charge in [0, 0.05) is 45.3 Å². The van der Waals surface area contributed by atoms with Crippen molar-refractivity contribution >= 4 is 11.9 Å². The summed E-state index contributed by atoms with van der Waals surface area (Å²) >= 11 is 0. The van der Waals surface area contributed by atoms with Crippen molar-refractivity contribution < 1.29 is 18.7 Å². The van der Waals surface area contributed by atoms with Crippen LogP contribution in [0.1, 0.15) is 38.2 Å². The van der Waals surface area contributed by atoms with Crippen molar-refractivity contribution in [3.8, 4) is 0 Å². The molecule has 160 valence electrons. The molecule has 7 heteroatoms. The first-order valence-corrected chi connectivity index (χ1v) is 10.5. The molecule has 1 aromatic rings. The molecule has 0 aliphatic carbocycles. The highest BCUT2D eigenvalue weighted by Gasteiger charge is 2.36. The molecule has 0 amide bonds. The van der Waals surface area contributed by atoms with Crippen LogP contribution in [0.25, 0.3) is 0 Å². The molecule has 0 bridgehead atoms. The number of hydrogen-bond acceptors (Lipinski definition) is 4. The Hall–Kier alpha value is -2.15. The average molecular weight is 406 g/mol. The van der Waals surface area contributed by atoms with Crippen LogP contribution in [0.5, 0.6) is 0 Å². The summed E-state index contributed by atoms with van der Waals surface area (Å²) in [5, 5.41) is 3.50. The summed E-state index contributed by atoms with van der Waals surface area (Å²) in [6.07, 6.45) is 3.42. The molecule has 0 aromatic heterocycles. The number of nitrogens with one attached hydrogen (secondary N) is 1. The van der Waals surface area contributed by atoms with E-state index in [1.165, 1.54) is 6.07 Å². The van der Waals surface area contributed by atoms with Crippen LogP contribution in [0.4, 0.5) is 4.39 Å². The van der Waals surface area contributed by atoms with E-state index in [0.29, 0.717) is 32.9 Å². The molecule has 0 saturated carbocycles. The number of hydrogen-bond donors (Lipinski definition) is 1. The summed E-state index contributed by atoms with van der Waals surface area (Å²) in [5.41, 5.74) is 0.791. The molecule has 3 rings (SSSR count). The minimum atomic E-state index is -0.217. The average Bonchev–Trinajstić information content (AvgIpc) is 2.75. The third-order valence-electron chi connectivity index (χ3n) is 6.02. The molecule has 1 unspecified atom stereocenters. The van der Waals surface area contributed by atoms with Gasteiger partial charge in [0.05, 0.1) is 12.5 Å². The maximum absolute atomic E-state index is 13.9. The Labute approximate surface area is 172 Å². The Bertz CT molecular complexity index is 719. The van der Waals surface area contributed by atoms with Crippen molar-refractivity contribution in [2.45, 2.75) is 38.0 Å². The third kappa shape index (κ3) is 5.26. The standard InChI is InChI=1S/C22H32FN3O3/c1-3-29-20(27)17-6-5-11-26(15-17)21(24-2)25-16-22(9-12-28-13-10-22)18-7-4-8-19(23)14-18/h4,7-8,14,17H,3,5-6,9-13,15-16H2,1-2H3,(H,24,25). The van der Waals surface area contributed by atoms with Gasteiger partial charge in [-0.25, -0.2) is 4.39 Å². The van der Waals surface area contributed by atoms with Gasteiger partial charge in [-0.05, 0) is 50.3 Å². The summed E-state index contributed by atoms with van der Waals surface area (Å²) in [7, 11) is 1.76. The Morgan fingerprint density at radius 2 is 2.21 bits per heavy atom. The predicted molar refractivity (Wildman–Crippen MR) is 110 cm³/mol. The molecule has 1 aromatic carbocycles. The zero-order chi connectivity index (χ0) is 20.7. The van der Waals surface area contributed by atoms with Gasteiger partial charge in [-0.15, -0.1) is 0 Å². The summed E-state index contributed by atoms with van der Waals surface area (Å²) in [4.78, 5) is 18.8. The lowest BCUT2D eigenvalue weighted by molar-refractivity contribution is -0.149. The molecule has 2 aliphatic rings. The van der Waals surface area contributed by atoms with Gasteiger partial charge >= 0.3 is 5.97 Å². The van der Waals surface area contributed by atoms with Gasteiger partial charge in [0.2, 0.25) is 0 Å². The van der Waals surface area contributed by atoms with Gasteiger partial charge in [-0.3, -0.25) is 9.79 Å². The van der Waals surface area contributed by atoms with E-state index in [9.17, 15) is 9.18 Å². The van der Waals surface area contributed by atoms with Crippen molar-refractivity contribution in [1.29, 1.82) is 0 Å². The monoisotopic (exact) mass is 405 g/mol. The first-order chi connectivity index (χ1) is 14.1. The van der Waals surface area contributed by atoms with Crippen LogP contribution in [-0.4, -0.2) is 63.3 Å². The molecule has 1 N–H and O–H groups in total. The fourth-order valence-electron chi connectivity index (χ4n) is 4.35. The highest BCUT2D eigenvalue weighted by molar-refractivity contribution is 5.81. The highest BCUT2D eigenvalue weighted by atomic mass is 19.1. The second kappa shape index (κ2) is 10.1. The maximum atomic E-state index is 13.9. The number of aliphatic imine (C=N–C) groups is 1. The Morgan fingerprint density at radius 1 is 1.41 bits per heavy atom. The van der Waals surface area contributed by atoms with Gasteiger partial charge in [-0.1, -0.05) is 12.1 Å². The minimum Gasteiger partial charge on any atom is -0.466 e. The summed E-state index contributed by atoms with van der Waals surface area (Å²) in [6.45, 7) is 5.66. The molecule has 0 spiro atoms. The zero-order valence-corrected chi connectivity index (χ0v) is 17.5. The van der Waals surface area contributed by atoms with E-state index in [0.717, 1.165) is 43.8 Å². The molecule has 1 atom stereocenters. The number of halogens is 1. The SMILES string of the molecule is CCOC(=O)C1CCCN(C(=NC)NCC2(c3cccc(F)c3)CCOCC2)C1. The van der Waals surface area contributed by atoms with Crippen molar-refractivity contribution in [2.24, 2.45) is 10.9 Å². The van der Waals surface area contributed by atoms with Crippen LogP contribution in [0, 0.1) is 11.7 Å². The Balaban J connectivity index is 1.70. The lowest BCUT2D eigenvalue weighted by Gasteiger charge is -2.40. The van der Waals surface area contributed by atoms with E-state index in [1.807, 2.05) is 13.0 Å². The van der Waals surface area contributed by atoms with Crippen molar-refractivity contribution in [1.82, 2.24) is 10.2 Å². The summed E-state index contributed by atoms with van der Waals surface area (Å²) < 4.78 is 24.7. The predicted octanol–water partition coefficient (Wildman–Crippen LogP) is 2.72. The van der Waals surface area contributed by atoms with Gasteiger partial charge in [-0.2, -0.15) is 0 Å². The van der Waals surface area contributed by atoms with Crippen LogP contribution in [-0.2, 0) is 19.7 Å². The van der Waals surface area contributed by atoms with Gasteiger partial charge < -0.3 is 19.7 Å². The number of ether oxygens (including phenoxy) is 2. The molecule has 2 fully saturated rings. The first-order valence-electron chi connectivity index (χ1n) is 10.5. The fraction of sp³-hybridized carbons (Fsp3) is 0.636. The Morgan fingerprint density at radius 3 is 2.90 bits per heavy atom. The number of carbonyl (C=O) groups excluding carboxylic acids is 1. The molecular formula is C22H32FN3O3. The van der Waals surface area contributed by atoms with E-state index in [-0.39, 0.29) is 23.1 Å². The number of nitrogens with zero attached hydrogens (tertiary/aromatic N) is 2. The van der Waals surface area contributed by atoms with Crippen LogP contribution < -0.4 is 5.32 Å². The number of likely N-dealkylation sites (tertiary alicyclic amines) is 1. The van der Waals surface area contributed by atoms with E-state index >= 15 is 0 Å². The second-order valence-electron chi connectivity index (χ2n) is 7.84. The molecule has 2 heterocycles. The topological polar surface area (TPSA) is 63.2 Å².